The highest BCUT2D eigenvalue weighted by molar-refractivity contribution is 5.98. The van der Waals surface area contributed by atoms with E-state index < -0.39 is 0 Å². The molecule has 1 aliphatic heterocycles. The molecule has 1 aromatic heterocycles. The lowest BCUT2D eigenvalue weighted by atomic mass is 9.97. The molecule has 0 radical (unpaired) electrons. The van der Waals surface area contributed by atoms with E-state index in [1.165, 1.54) is 0 Å². The van der Waals surface area contributed by atoms with E-state index >= 15 is 0 Å². The van der Waals surface area contributed by atoms with Crippen LogP contribution < -0.4 is 0 Å². The standard InChI is InChI=1S/C13H20N4O2/c1-8-7-17(6-5-11(8)15-19)13(18)12-9(2)14-16(4)10(12)3/h8,19H,5-7H2,1-4H3. The zero-order valence-corrected chi connectivity index (χ0v) is 11.8. The number of carbonyl (C=O) groups is 1. The third-order valence-electron chi connectivity index (χ3n) is 3.84. The summed E-state index contributed by atoms with van der Waals surface area (Å²) in [5.74, 6) is 0.118. The Balaban J connectivity index is 2.22. The average molecular weight is 264 g/mol. The van der Waals surface area contributed by atoms with Gasteiger partial charge in [-0.1, -0.05) is 12.1 Å². The van der Waals surface area contributed by atoms with Crippen molar-refractivity contribution in [1.29, 1.82) is 0 Å². The van der Waals surface area contributed by atoms with Crippen LogP contribution in [0.1, 0.15) is 35.1 Å². The van der Waals surface area contributed by atoms with Crippen molar-refractivity contribution < 1.29 is 10.0 Å². The van der Waals surface area contributed by atoms with E-state index in [1.807, 2.05) is 32.7 Å². The highest BCUT2D eigenvalue weighted by Gasteiger charge is 2.29. The molecule has 0 aliphatic carbocycles. The van der Waals surface area contributed by atoms with Crippen molar-refractivity contribution in [3.05, 3.63) is 17.0 Å². The third-order valence-corrected chi connectivity index (χ3v) is 3.84. The largest absolute Gasteiger partial charge is 0.411 e. The Labute approximate surface area is 112 Å². The Bertz CT molecular complexity index is 533. The van der Waals surface area contributed by atoms with Gasteiger partial charge in [0.1, 0.15) is 0 Å². The predicted octanol–water partition coefficient (Wildman–Crippen LogP) is 1.35. The minimum Gasteiger partial charge on any atom is -0.411 e. The van der Waals surface area contributed by atoms with Crippen molar-refractivity contribution in [3.63, 3.8) is 0 Å². The molecule has 1 aliphatic rings. The van der Waals surface area contributed by atoms with Gasteiger partial charge < -0.3 is 10.1 Å². The van der Waals surface area contributed by atoms with Gasteiger partial charge in [0.15, 0.2) is 0 Å². The van der Waals surface area contributed by atoms with Gasteiger partial charge in [-0.2, -0.15) is 5.10 Å². The van der Waals surface area contributed by atoms with Crippen LogP contribution in [0.4, 0.5) is 0 Å². The van der Waals surface area contributed by atoms with E-state index in [-0.39, 0.29) is 11.8 Å². The van der Waals surface area contributed by atoms with E-state index in [1.54, 1.807) is 4.68 Å². The molecule has 0 saturated carbocycles. The van der Waals surface area contributed by atoms with Gasteiger partial charge in [-0.25, -0.2) is 0 Å². The number of piperidine rings is 1. The molecule has 19 heavy (non-hydrogen) atoms. The van der Waals surface area contributed by atoms with Gasteiger partial charge in [-0.05, 0) is 13.8 Å². The van der Waals surface area contributed by atoms with Crippen LogP contribution in [0.5, 0.6) is 0 Å². The number of aromatic nitrogens is 2. The molecule has 0 aromatic carbocycles. The summed E-state index contributed by atoms with van der Waals surface area (Å²) in [6.45, 7) is 6.91. The van der Waals surface area contributed by atoms with E-state index in [4.69, 9.17) is 5.21 Å². The lowest BCUT2D eigenvalue weighted by molar-refractivity contribution is 0.0732. The smallest absolute Gasteiger partial charge is 0.257 e. The summed E-state index contributed by atoms with van der Waals surface area (Å²) in [5.41, 5.74) is 3.11. The van der Waals surface area contributed by atoms with Gasteiger partial charge in [-0.3, -0.25) is 9.48 Å². The van der Waals surface area contributed by atoms with Crippen molar-refractivity contribution in [1.82, 2.24) is 14.7 Å². The Morgan fingerprint density at radius 1 is 1.47 bits per heavy atom. The first kappa shape index (κ1) is 13.6. The second-order valence-corrected chi connectivity index (χ2v) is 5.16. The maximum absolute atomic E-state index is 12.6. The lowest BCUT2D eigenvalue weighted by Gasteiger charge is -2.31. The quantitative estimate of drug-likeness (QED) is 0.615. The number of carbonyl (C=O) groups excluding carboxylic acids is 1. The highest BCUT2D eigenvalue weighted by Crippen LogP contribution is 2.20. The number of nitrogens with zero attached hydrogens (tertiary/aromatic N) is 4. The molecule has 1 atom stereocenters. The molecule has 1 N–H and O–H groups in total. The van der Waals surface area contributed by atoms with Crippen LogP contribution in [0.3, 0.4) is 0 Å². The SMILES string of the molecule is Cc1nn(C)c(C)c1C(=O)N1CCC(=NO)C(C)C1. The number of hydrogen-bond donors (Lipinski definition) is 1. The molecule has 6 heteroatoms. The summed E-state index contributed by atoms with van der Waals surface area (Å²) in [4.78, 5) is 14.4. The number of hydrogen-bond acceptors (Lipinski definition) is 4. The molecule has 1 aromatic rings. The Morgan fingerprint density at radius 2 is 2.16 bits per heavy atom. The molecule has 104 valence electrons. The zero-order chi connectivity index (χ0) is 14.2. The molecule has 2 heterocycles. The first-order valence-electron chi connectivity index (χ1n) is 6.46. The molecule has 6 nitrogen and oxygen atoms in total. The third kappa shape index (κ3) is 2.34. The van der Waals surface area contributed by atoms with Gasteiger partial charge in [-0.15, -0.1) is 0 Å². The number of rotatable bonds is 1. The second-order valence-electron chi connectivity index (χ2n) is 5.16. The highest BCUT2D eigenvalue weighted by atomic mass is 16.4. The van der Waals surface area contributed by atoms with E-state index in [0.29, 0.717) is 25.1 Å². The summed E-state index contributed by atoms with van der Waals surface area (Å²) in [6.07, 6.45) is 0.627. The van der Waals surface area contributed by atoms with Crippen LogP contribution in [0.2, 0.25) is 0 Å². The summed E-state index contributed by atoms with van der Waals surface area (Å²) < 4.78 is 1.73. The van der Waals surface area contributed by atoms with Crippen molar-refractivity contribution >= 4 is 11.6 Å². The fourth-order valence-corrected chi connectivity index (χ4v) is 2.60. The maximum atomic E-state index is 12.6. The van der Waals surface area contributed by atoms with Crippen LogP contribution in [0, 0.1) is 19.8 Å². The van der Waals surface area contributed by atoms with Crippen LogP contribution >= 0.6 is 0 Å². The molecular weight excluding hydrogens is 244 g/mol. The molecule has 2 rings (SSSR count). The minimum atomic E-state index is 0.0203. The second kappa shape index (κ2) is 5.03. The van der Waals surface area contributed by atoms with Crippen LogP contribution in [0.25, 0.3) is 0 Å². The van der Waals surface area contributed by atoms with Gasteiger partial charge in [0.2, 0.25) is 0 Å². The van der Waals surface area contributed by atoms with Crippen molar-refractivity contribution in [2.45, 2.75) is 27.2 Å². The molecule has 0 bridgehead atoms. The topological polar surface area (TPSA) is 70.7 Å². The minimum absolute atomic E-state index is 0.0203. The summed E-state index contributed by atoms with van der Waals surface area (Å²) in [7, 11) is 1.84. The van der Waals surface area contributed by atoms with Crippen molar-refractivity contribution in [2.24, 2.45) is 18.1 Å². The van der Waals surface area contributed by atoms with Gasteiger partial charge in [0, 0.05) is 38.2 Å². The molecule has 1 fully saturated rings. The van der Waals surface area contributed by atoms with E-state index in [2.05, 4.69) is 10.3 Å². The summed E-state index contributed by atoms with van der Waals surface area (Å²) in [5, 5.41) is 16.4. The molecular formula is C13H20N4O2. The summed E-state index contributed by atoms with van der Waals surface area (Å²) >= 11 is 0. The van der Waals surface area contributed by atoms with E-state index in [0.717, 1.165) is 17.1 Å². The predicted molar refractivity (Wildman–Crippen MR) is 71.6 cm³/mol. The average Bonchev–Trinajstić information content (AvgIpc) is 2.62. The molecule has 1 saturated heterocycles. The molecule has 1 amide bonds. The summed E-state index contributed by atoms with van der Waals surface area (Å²) in [6, 6.07) is 0. The molecule has 1 unspecified atom stereocenters. The van der Waals surface area contributed by atoms with Crippen molar-refractivity contribution in [2.75, 3.05) is 13.1 Å². The Kier molecular flexibility index (Phi) is 3.59. The van der Waals surface area contributed by atoms with Crippen LogP contribution in [-0.4, -0.2) is 44.6 Å². The fourth-order valence-electron chi connectivity index (χ4n) is 2.60. The van der Waals surface area contributed by atoms with Gasteiger partial charge >= 0.3 is 0 Å². The Morgan fingerprint density at radius 3 is 2.63 bits per heavy atom. The maximum Gasteiger partial charge on any atom is 0.257 e. The fraction of sp³-hybridized carbons (Fsp3) is 0.615. The van der Waals surface area contributed by atoms with Crippen LogP contribution in [-0.2, 0) is 7.05 Å². The van der Waals surface area contributed by atoms with Crippen LogP contribution in [0.15, 0.2) is 5.16 Å². The number of aryl methyl sites for hydroxylation is 2. The number of likely N-dealkylation sites (tertiary alicyclic amines) is 1. The number of amides is 1. The Hall–Kier alpha value is -1.85. The first-order chi connectivity index (χ1) is 8.95. The van der Waals surface area contributed by atoms with E-state index in [9.17, 15) is 4.79 Å². The monoisotopic (exact) mass is 264 g/mol. The lowest BCUT2D eigenvalue weighted by Crippen LogP contribution is -2.43. The first-order valence-corrected chi connectivity index (χ1v) is 6.46. The number of oxime groups is 1. The van der Waals surface area contributed by atoms with Gasteiger partial charge in [0.25, 0.3) is 5.91 Å². The molecule has 0 spiro atoms. The van der Waals surface area contributed by atoms with Gasteiger partial charge in [0.05, 0.1) is 17.0 Å². The zero-order valence-electron chi connectivity index (χ0n) is 11.8. The van der Waals surface area contributed by atoms with Crippen molar-refractivity contribution in [3.8, 4) is 0 Å². The normalized spacial score (nSPS) is 22.0.